The zero-order valence-corrected chi connectivity index (χ0v) is 23.3. The van der Waals surface area contributed by atoms with Gasteiger partial charge in [0.2, 0.25) is 0 Å². The minimum atomic E-state index is -0.769. The number of unbranched alkanes of at least 4 members (excludes halogenated alkanes) is 3. The number of carbonyl (C=O) groups is 1. The molecule has 0 N–H and O–H groups in total. The van der Waals surface area contributed by atoms with Gasteiger partial charge >= 0.3 is 5.97 Å². The maximum absolute atomic E-state index is 12.5. The van der Waals surface area contributed by atoms with Crippen LogP contribution in [-0.2, 0) is 9.47 Å². The summed E-state index contributed by atoms with van der Waals surface area (Å²) in [6.07, 6.45) is 9.39. The lowest BCUT2D eigenvalue weighted by Crippen LogP contribution is -2.23. The van der Waals surface area contributed by atoms with Crippen molar-refractivity contribution in [2.24, 2.45) is 5.92 Å². The van der Waals surface area contributed by atoms with Crippen molar-refractivity contribution in [1.82, 2.24) is 9.97 Å². The summed E-state index contributed by atoms with van der Waals surface area (Å²) in [5.74, 6) is 1.20. The molecule has 1 aromatic heterocycles. The van der Waals surface area contributed by atoms with Gasteiger partial charge in [0.25, 0.3) is 0 Å². The Hall–Kier alpha value is -3.76. The first-order valence-electron chi connectivity index (χ1n) is 13.9. The second-order valence-corrected chi connectivity index (χ2v) is 9.75. The predicted octanol–water partition coefficient (Wildman–Crippen LogP) is 7.27. The van der Waals surface area contributed by atoms with E-state index >= 15 is 0 Å². The van der Waals surface area contributed by atoms with Crippen LogP contribution in [0.5, 0.6) is 5.75 Å². The third kappa shape index (κ3) is 9.81. The summed E-state index contributed by atoms with van der Waals surface area (Å²) in [6.45, 7) is 7.45. The van der Waals surface area contributed by atoms with Crippen LogP contribution in [-0.4, -0.2) is 41.9 Å². The second-order valence-electron chi connectivity index (χ2n) is 9.75. The van der Waals surface area contributed by atoms with E-state index in [0.29, 0.717) is 36.3 Å². The van der Waals surface area contributed by atoms with Crippen LogP contribution in [0.15, 0.2) is 60.9 Å². The van der Waals surface area contributed by atoms with E-state index in [1.165, 1.54) is 19.3 Å². The smallest absolute Gasteiger partial charge is 0.338 e. The summed E-state index contributed by atoms with van der Waals surface area (Å²) in [5.41, 5.74) is 3.30. The number of esters is 1. The lowest BCUT2D eigenvalue weighted by atomic mass is 10.0. The second kappa shape index (κ2) is 16.3. The number of nitriles is 1. The first-order chi connectivity index (χ1) is 19.0. The Kier molecular flexibility index (Phi) is 12.4. The van der Waals surface area contributed by atoms with Crippen LogP contribution in [0, 0.1) is 17.2 Å². The van der Waals surface area contributed by atoms with Crippen LogP contribution in [0.25, 0.3) is 22.5 Å². The molecule has 0 spiro atoms. The summed E-state index contributed by atoms with van der Waals surface area (Å²) in [5, 5.41) is 9.29. The molecule has 2 atom stereocenters. The van der Waals surface area contributed by atoms with E-state index in [0.717, 1.165) is 36.0 Å². The van der Waals surface area contributed by atoms with Crippen molar-refractivity contribution in [3.05, 3.63) is 66.5 Å². The van der Waals surface area contributed by atoms with Gasteiger partial charge in [0.15, 0.2) is 17.7 Å². The van der Waals surface area contributed by atoms with E-state index in [9.17, 15) is 10.1 Å². The number of rotatable bonds is 16. The van der Waals surface area contributed by atoms with E-state index < -0.39 is 12.1 Å². The van der Waals surface area contributed by atoms with Gasteiger partial charge in [0.05, 0.1) is 37.2 Å². The molecule has 206 valence electrons. The summed E-state index contributed by atoms with van der Waals surface area (Å²) in [4.78, 5) is 21.4. The topological polar surface area (TPSA) is 94.3 Å². The summed E-state index contributed by atoms with van der Waals surface area (Å²) < 4.78 is 16.6. The number of aromatic nitrogens is 2. The Labute approximate surface area is 232 Å². The fraction of sp³-hybridized carbons (Fsp3) is 0.438. The van der Waals surface area contributed by atoms with Crippen LogP contribution in [0.1, 0.15) is 69.7 Å². The van der Waals surface area contributed by atoms with Crippen LogP contribution >= 0.6 is 0 Å². The maximum Gasteiger partial charge on any atom is 0.338 e. The summed E-state index contributed by atoms with van der Waals surface area (Å²) in [6, 6.07) is 17.2. The molecule has 7 nitrogen and oxygen atoms in total. The van der Waals surface area contributed by atoms with Gasteiger partial charge in [-0.25, -0.2) is 14.8 Å². The highest BCUT2D eigenvalue weighted by Gasteiger charge is 2.15. The molecule has 0 aliphatic carbocycles. The fourth-order valence-corrected chi connectivity index (χ4v) is 4.08. The number of hydrogen-bond donors (Lipinski definition) is 0. The maximum atomic E-state index is 12.5. The number of nitrogens with zero attached hydrogens (tertiary/aromatic N) is 3. The minimum Gasteiger partial charge on any atom is -0.490 e. The van der Waals surface area contributed by atoms with Crippen LogP contribution in [0.4, 0.5) is 0 Å². The molecule has 0 aliphatic rings. The molecule has 1 heterocycles. The molecule has 0 fully saturated rings. The average Bonchev–Trinajstić information content (AvgIpc) is 2.97. The number of ether oxygens (including phenoxy) is 3. The molecule has 0 bridgehead atoms. The van der Waals surface area contributed by atoms with Crippen molar-refractivity contribution in [3.8, 4) is 34.3 Å². The summed E-state index contributed by atoms with van der Waals surface area (Å²) >= 11 is 0. The van der Waals surface area contributed by atoms with E-state index in [-0.39, 0.29) is 6.61 Å². The van der Waals surface area contributed by atoms with Crippen molar-refractivity contribution in [1.29, 1.82) is 5.26 Å². The molecule has 0 aliphatic heterocycles. The molecule has 0 radical (unpaired) electrons. The molecule has 1 unspecified atom stereocenters. The Bertz CT molecular complexity index is 1170. The van der Waals surface area contributed by atoms with Crippen molar-refractivity contribution in [3.63, 3.8) is 0 Å². The number of carbonyl (C=O) groups excluding carboxylic acids is 1. The Morgan fingerprint density at radius 2 is 1.51 bits per heavy atom. The minimum absolute atomic E-state index is 0.0917. The Balaban J connectivity index is 1.51. The van der Waals surface area contributed by atoms with Gasteiger partial charge in [-0.05, 0) is 42.0 Å². The van der Waals surface area contributed by atoms with E-state index in [1.54, 1.807) is 24.5 Å². The average molecular weight is 530 g/mol. The third-order valence-corrected chi connectivity index (χ3v) is 6.36. The van der Waals surface area contributed by atoms with Crippen LogP contribution in [0.3, 0.4) is 0 Å². The van der Waals surface area contributed by atoms with Gasteiger partial charge in [0.1, 0.15) is 6.61 Å². The number of hydrogen-bond acceptors (Lipinski definition) is 7. The quantitative estimate of drug-likeness (QED) is 0.142. The van der Waals surface area contributed by atoms with E-state index in [4.69, 9.17) is 14.2 Å². The first kappa shape index (κ1) is 29.8. The molecule has 0 saturated heterocycles. The highest BCUT2D eigenvalue weighted by Crippen LogP contribution is 2.24. The molecule has 0 amide bonds. The van der Waals surface area contributed by atoms with E-state index in [2.05, 4.69) is 36.8 Å². The van der Waals surface area contributed by atoms with Crippen molar-refractivity contribution < 1.29 is 19.0 Å². The molecular weight excluding hydrogens is 490 g/mol. The monoisotopic (exact) mass is 529 g/mol. The van der Waals surface area contributed by atoms with Crippen molar-refractivity contribution in [2.45, 2.75) is 65.4 Å². The summed E-state index contributed by atoms with van der Waals surface area (Å²) in [7, 11) is 0. The predicted molar refractivity (Wildman–Crippen MR) is 152 cm³/mol. The highest BCUT2D eigenvalue weighted by molar-refractivity contribution is 5.90. The zero-order chi connectivity index (χ0) is 27.9. The van der Waals surface area contributed by atoms with Gasteiger partial charge in [-0.15, -0.1) is 0 Å². The SMILES string of the molecule is CCCCCCOc1cnc(-c2ccc(-c3ccc(C(=O)OC[C@H](C#N)OCC(C)CCC)cc3)cc2)nc1. The molecule has 2 aromatic carbocycles. The van der Waals surface area contributed by atoms with Crippen molar-refractivity contribution >= 4 is 5.97 Å². The van der Waals surface area contributed by atoms with Crippen LogP contribution < -0.4 is 4.74 Å². The molecule has 39 heavy (non-hydrogen) atoms. The normalized spacial score (nSPS) is 12.4. The van der Waals surface area contributed by atoms with Gasteiger partial charge in [0, 0.05) is 5.56 Å². The van der Waals surface area contributed by atoms with Crippen molar-refractivity contribution in [2.75, 3.05) is 19.8 Å². The van der Waals surface area contributed by atoms with Gasteiger partial charge in [-0.1, -0.05) is 82.9 Å². The number of benzene rings is 2. The third-order valence-electron chi connectivity index (χ3n) is 6.36. The molecule has 3 rings (SSSR count). The van der Waals surface area contributed by atoms with Crippen LogP contribution in [0.2, 0.25) is 0 Å². The van der Waals surface area contributed by atoms with Gasteiger partial charge in [-0.2, -0.15) is 5.26 Å². The lowest BCUT2D eigenvalue weighted by molar-refractivity contribution is 0.00383. The van der Waals surface area contributed by atoms with E-state index in [1.807, 2.05) is 36.4 Å². The molecule has 7 heteroatoms. The fourth-order valence-electron chi connectivity index (χ4n) is 4.08. The Morgan fingerprint density at radius 1 is 0.872 bits per heavy atom. The first-order valence-corrected chi connectivity index (χ1v) is 13.9. The van der Waals surface area contributed by atoms with Gasteiger partial charge < -0.3 is 14.2 Å². The standard InChI is InChI=1S/C32H39N3O4/c1-4-6-7-8-18-37-30-20-34-31(35-21-30)27-14-10-25(11-15-27)26-12-16-28(17-13-26)32(36)39-23-29(19-33)38-22-24(3)9-5-2/h10-17,20-21,24,29H,4-9,18,22-23H2,1-3H3/t24?,29-/m0/s1. The molecular formula is C32H39N3O4. The largest absolute Gasteiger partial charge is 0.490 e. The van der Waals surface area contributed by atoms with Gasteiger partial charge in [-0.3, -0.25) is 0 Å². The molecule has 0 saturated carbocycles. The zero-order valence-electron chi connectivity index (χ0n) is 23.3. The lowest BCUT2D eigenvalue weighted by Gasteiger charge is -2.15. The molecule has 3 aromatic rings. The Morgan fingerprint density at radius 3 is 2.13 bits per heavy atom. The highest BCUT2D eigenvalue weighted by atomic mass is 16.6.